The zero-order valence-electron chi connectivity index (χ0n) is 26.6. The molecule has 0 radical (unpaired) electrons. The number of rotatable bonds is 14. The maximum absolute atomic E-state index is 13.3. The number of amides is 2. The Morgan fingerprint density at radius 1 is 1.17 bits per heavy atom. The molecule has 0 aliphatic rings. The highest BCUT2D eigenvalue weighted by molar-refractivity contribution is 7.16. The molecule has 1 heterocycles. The van der Waals surface area contributed by atoms with Crippen LogP contribution in [0.1, 0.15) is 78.7 Å². The summed E-state index contributed by atoms with van der Waals surface area (Å²) >= 11 is 1.25. The first kappa shape index (κ1) is 34.7. The lowest BCUT2D eigenvalue weighted by atomic mass is 9.79. The summed E-state index contributed by atoms with van der Waals surface area (Å²) in [4.78, 5) is 29.5. The van der Waals surface area contributed by atoms with Crippen LogP contribution >= 0.6 is 11.3 Å². The standard InChI is InChI=1S/C32H49N7O2S/c1-10-24(17-35-20(3)4)15-25(32(8,9)11-2)14-22(6)30(41)38-26-13-12-21(5)28(16-26)39(34)19-27(33)29-18-36-31(42-29)37-23(7)40/h12-16,18-20,22,35H,10-11,17,33-34H2,1-9H3,(H,38,41)(H,36,37,40)/b24-15+,25-14+,27-19-. The van der Waals surface area contributed by atoms with E-state index in [-0.39, 0.29) is 23.1 Å². The molecule has 0 aliphatic carbocycles. The third-order valence-electron chi connectivity index (χ3n) is 7.17. The van der Waals surface area contributed by atoms with Gasteiger partial charge in [0.05, 0.1) is 22.2 Å². The van der Waals surface area contributed by atoms with Gasteiger partial charge in [0.25, 0.3) is 0 Å². The Balaban J connectivity index is 2.27. The molecule has 1 aromatic heterocycles. The van der Waals surface area contributed by atoms with E-state index in [1.54, 1.807) is 12.4 Å². The second kappa shape index (κ2) is 15.7. The number of nitrogens with two attached hydrogens (primary N) is 2. The van der Waals surface area contributed by atoms with E-state index in [4.69, 9.17) is 11.6 Å². The molecule has 0 aliphatic heterocycles. The Morgan fingerprint density at radius 2 is 1.86 bits per heavy atom. The second-order valence-electron chi connectivity index (χ2n) is 11.5. The average molecular weight is 596 g/mol. The number of aromatic nitrogens is 1. The van der Waals surface area contributed by atoms with Crippen molar-refractivity contribution >= 4 is 45.4 Å². The average Bonchev–Trinajstić information content (AvgIpc) is 3.38. The fourth-order valence-corrected chi connectivity index (χ4v) is 4.76. The maximum atomic E-state index is 13.3. The van der Waals surface area contributed by atoms with E-state index in [0.717, 1.165) is 30.5 Å². The number of thiazole rings is 1. The lowest BCUT2D eigenvalue weighted by Crippen LogP contribution is -2.27. The van der Waals surface area contributed by atoms with Crippen molar-refractivity contribution in [3.05, 3.63) is 64.3 Å². The van der Waals surface area contributed by atoms with Crippen LogP contribution in [-0.2, 0) is 9.59 Å². The van der Waals surface area contributed by atoms with Crippen LogP contribution in [0.4, 0.5) is 16.5 Å². The van der Waals surface area contributed by atoms with E-state index in [1.165, 1.54) is 28.8 Å². The highest BCUT2D eigenvalue weighted by Gasteiger charge is 2.23. The zero-order chi connectivity index (χ0) is 31.6. The molecule has 2 rings (SSSR count). The topological polar surface area (TPSA) is 138 Å². The molecule has 1 aromatic carbocycles. The largest absolute Gasteiger partial charge is 0.396 e. The van der Waals surface area contributed by atoms with Gasteiger partial charge in [-0.3, -0.25) is 14.6 Å². The molecule has 2 aromatic rings. The maximum Gasteiger partial charge on any atom is 0.231 e. The van der Waals surface area contributed by atoms with E-state index in [0.29, 0.717) is 33.1 Å². The van der Waals surface area contributed by atoms with Gasteiger partial charge in [-0.05, 0) is 48.4 Å². The SMILES string of the molecule is CC/C(=C\C(=C/C(C)C(=O)Nc1ccc(C)c(N(N)/C=C(\N)c2cnc(NC(C)=O)s2)c1)C(C)(C)CC)CNC(C)C. The van der Waals surface area contributed by atoms with Gasteiger partial charge in [0, 0.05) is 37.6 Å². The highest BCUT2D eigenvalue weighted by atomic mass is 32.1. The van der Waals surface area contributed by atoms with Crippen molar-refractivity contribution in [1.82, 2.24) is 10.3 Å². The zero-order valence-corrected chi connectivity index (χ0v) is 27.4. The normalized spacial score (nSPS) is 13.7. The Hall–Kier alpha value is -3.47. The van der Waals surface area contributed by atoms with Crippen LogP contribution < -0.4 is 32.5 Å². The number of benzene rings is 1. The summed E-state index contributed by atoms with van der Waals surface area (Å²) in [6.45, 7) is 19.2. The number of hydrogen-bond acceptors (Lipinski definition) is 8. The quantitative estimate of drug-likeness (QED) is 0.0979. The Morgan fingerprint density at radius 3 is 2.45 bits per heavy atom. The van der Waals surface area contributed by atoms with E-state index in [1.807, 2.05) is 32.0 Å². The first-order valence-corrected chi connectivity index (χ1v) is 15.3. The highest BCUT2D eigenvalue weighted by Crippen LogP contribution is 2.33. The summed E-state index contributed by atoms with van der Waals surface area (Å²) in [5.74, 6) is 5.71. The van der Waals surface area contributed by atoms with Crippen LogP contribution in [0.25, 0.3) is 5.70 Å². The van der Waals surface area contributed by atoms with E-state index < -0.39 is 0 Å². The van der Waals surface area contributed by atoms with Crippen LogP contribution in [0.15, 0.2) is 53.9 Å². The van der Waals surface area contributed by atoms with Gasteiger partial charge in [0.15, 0.2) is 5.13 Å². The summed E-state index contributed by atoms with van der Waals surface area (Å²) in [6.07, 6.45) is 9.42. The number of nitrogens with zero attached hydrogens (tertiary/aromatic N) is 2. The summed E-state index contributed by atoms with van der Waals surface area (Å²) in [7, 11) is 0. The molecule has 0 saturated carbocycles. The van der Waals surface area contributed by atoms with Crippen molar-refractivity contribution in [3.63, 3.8) is 0 Å². The molecule has 42 heavy (non-hydrogen) atoms. The van der Waals surface area contributed by atoms with E-state index >= 15 is 0 Å². The predicted octanol–water partition coefficient (Wildman–Crippen LogP) is 6.32. The van der Waals surface area contributed by atoms with Gasteiger partial charge >= 0.3 is 0 Å². The van der Waals surface area contributed by atoms with E-state index in [9.17, 15) is 9.59 Å². The van der Waals surface area contributed by atoms with Crippen molar-refractivity contribution in [2.75, 3.05) is 22.2 Å². The summed E-state index contributed by atoms with van der Waals surface area (Å²) in [5.41, 5.74) is 11.3. The number of allylic oxidation sites excluding steroid dienone is 2. The number of aryl methyl sites for hydroxylation is 1. The fourth-order valence-electron chi connectivity index (χ4n) is 3.97. The van der Waals surface area contributed by atoms with Gasteiger partial charge in [-0.1, -0.05) is 83.6 Å². The molecule has 10 heteroatoms. The van der Waals surface area contributed by atoms with Crippen molar-refractivity contribution in [2.24, 2.45) is 22.9 Å². The third-order valence-corrected chi connectivity index (χ3v) is 8.13. The smallest absolute Gasteiger partial charge is 0.231 e. The molecule has 0 spiro atoms. The van der Waals surface area contributed by atoms with Crippen LogP contribution in [0.5, 0.6) is 0 Å². The number of hydrazine groups is 1. The van der Waals surface area contributed by atoms with Crippen LogP contribution in [0.3, 0.4) is 0 Å². The van der Waals surface area contributed by atoms with Crippen molar-refractivity contribution in [2.45, 2.75) is 81.2 Å². The number of carbonyl (C=O) groups excluding carboxylic acids is 2. The van der Waals surface area contributed by atoms with Crippen LogP contribution in [0.2, 0.25) is 0 Å². The van der Waals surface area contributed by atoms with Gasteiger partial charge in [0.2, 0.25) is 11.8 Å². The Bertz CT molecular complexity index is 1320. The lowest BCUT2D eigenvalue weighted by molar-refractivity contribution is -0.118. The lowest BCUT2D eigenvalue weighted by Gasteiger charge is -2.27. The van der Waals surface area contributed by atoms with Crippen molar-refractivity contribution in [1.29, 1.82) is 0 Å². The minimum atomic E-state index is -0.350. The fraction of sp³-hybridized carbons (Fsp3) is 0.469. The van der Waals surface area contributed by atoms with E-state index in [2.05, 4.69) is 74.6 Å². The Labute approximate surface area is 255 Å². The molecule has 2 amide bonds. The molecular formula is C32H49N7O2S. The molecule has 0 fully saturated rings. The molecule has 0 bridgehead atoms. The molecule has 230 valence electrons. The molecule has 0 saturated heterocycles. The number of nitrogens with one attached hydrogen (secondary N) is 3. The number of anilines is 3. The minimum absolute atomic E-state index is 0.0723. The third kappa shape index (κ3) is 10.4. The Kier molecular flexibility index (Phi) is 13.0. The monoisotopic (exact) mass is 595 g/mol. The van der Waals surface area contributed by atoms with Crippen LogP contribution in [0, 0.1) is 18.3 Å². The van der Waals surface area contributed by atoms with Crippen molar-refractivity contribution < 1.29 is 9.59 Å². The van der Waals surface area contributed by atoms with Crippen molar-refractivity contribution in [3.8, 4) is 0 Å². The molecule has 9 nitrogen and oxygen atoms in total. The molecule has 1 unspecified atom stereocenters. The molecule has 7 N–H and O–H groups in total. The van der Waals surface area contributed by atoms with Gasteiger partial charge in [-0.25, -0.2) is 10.8 Å². The van der Waals surface area contributed by atoms with Gasteiger partial charge in [-0.15, -0.1) is 0 Å². The number of carbonyl (C=O) groups is 2. The summed E-state index contributed by atoms with van der Waals surface area (Å²) in [5, 5.41) is 11.1. The number of hydrogen-bond donors (Lipinski definition) is 5. The van der Waals surface area contributed by atoms with Gasteiger partial charge in [-0.2, -0.15) is 0 Å². The summed E-state index contributed by atoms with van der Waals surface area (Å²) < 4.78 is 0. The first-order valence-electron chi connectivity index (χ1n) is 14.5. The van der Waals surface area contributed by atoms with Gasteiger partial charge < -0.3 is 21.7 Å². The second-order valence-corrected chi connectivity index (χ2v) is 12.6. The van der Waals surface area contributed by atoms with Crippen LogP contribution in [-0.4, -0.2) is 29.4 Å². The molecule has 1 atom stereocenters. The van der Waals surface area contributed by atoms with Gasteiger partial charge in [0.1, 0.15) is 0 Å². The predicted molar refractivity (Wildman–Crippen MR) is 178 cm³/mol. The minimum Gasteiger partial charge on any atom is -0.396 e. The molecular weight excluding hydrogens is 546 g/mol. The first-order chi connectivity index (χ1) is 19.7. The summed E-state index contributed by atoms with van der Waals surface area (Å²) in [6, 6.07) is 6.00.